The summed E-state index contributed by atoms with van der Waals surface area (Å²) in [7, 11) is 54.7. The average molecular weight is 2550 g/mol. The molecule has 0 unspecified atom stereocenters. The van der Waals surface area contributed by atoms with Gasteiger partial charge in [0.15, 0.2) is 0 Å². The summed E-state index contributed by atoms with van der Waals surface area (Å²) in [6, 6.07) is 24.9. The van der Waals surface area contributed by atoms with Crippen molar-refractivity contribution < 1.29 is 166 Å². The third-order valence-corrected chi connectivity index (χ3v) is 29.7. The van der Waals surface area contributed by atoms with Gasteiger partial charge in [-0.15, -0.1) is 0 Å². The predicted octanol–water partition coefficient (Wildman–Crippen LogP) is 28.2. The minimum absolute atomic E-state index is 0.0182. The number of aromatic hydroxyl groups is 6. The van der Waals surface area contributed by atoms with Crippen LogP contribution >= 0.6 is 102 Å². The molecule has 0 aliphatic heterocycles. The van der Waals surface area contributed by atoms with Crippen LogP contribution in [0, 0.1) is 79.5 Å². The molecule has 0 amide bonds. The van der Waals surface area contributed by atoms with Gasteiger partial charge in [-0.2, -0.15) is 0 Å². The molecule has 6 aromatic rings. The Balaban J connectivity index is 0.000000316. The quantitative estimate of drug-likeness (QED) is 0.0205. The normalized spacial score (nSPS) is 19.0. The molecule has 710 valence electrons. The summed E-state index contributed by atoms with van der Waals surface area (Å²) in [5.74, 6) is 4.72. The molecule has 10 saturated carbocycles. The van der Waals surface area contributed by atoms with Gasteiger partial charge in [-0.05, 0) is 250 Å². The number of nitro benzene ring substituents is 2. The molecule has 0 saturated heterocycles. The van der Waals surface area contributed by atoms with Gasteiger partial charge in [0.25, 0.3) is 11.4 Å². The fraction of sp³-hybridized carbons (Fsp3) is 0.538. The molecule has 0 heterocycles. The van der Waals surface area contributed by atoms with E-state index < -0.39 is 159 Å². The number of hydrogen-bond donors (Lipinski definition) is 6. The standard InChI is InChI=1S/C23H31NO.C16H25NOSi.C15H23NOSi.C14H21NOSi.C12H14N2O3.C11H12N2O3.12ClH.6Zr/c1-15-6-19(14-24-20-4-2-3-5-20)22(25)21(7-15)23-11-16-8-17(12-23)10-18(9-16)13-23;1-12-9-13(11-17-14-7-5-6-8-14)16(18)15(10-12)19(2,3)4;1-11-8-12(10-16-13-6-5-7-13)15(17)14(9-11)18(2,3)4;1-10-7-11(9-15-12-5-6-12)14(16)13(8-10)17(2,3)4;1-8-5-11(14(16)17)6-9(12(8)15)7-13-10-3-2-4-10;1-7-4-10(13(15)16)5-8(11(7)14)6-12-9-2-3-9;;;;;;;;;;;;;;;;;;/h6-7,14,16-18,20,25H,2-5,8-13H2,1H3;9-11,14,18H,5-8H2,1-4H3;8-10,13,17H,5-7H2,1-4H3;7-9,12,16H,5-6H2,1-4H3;5-7,10,15H,2-4H2,1H3;4-6,9,14H,2-3H2,1H3;12*1H;;;;;;/q;;;;;;;;;;;;;;;;;;6*+2/p-12. The fourth-order valence-electron chi connectivity index (χ4n) is 16.9. The third-order valence-electron chi connectivity index (χ3n) is 23.7. The summed E-state index contributed by atoms with van der Waals surface area (Å²) < 4.78 is 0. The third kappa shape index (κ3) is 44.1. The summed E-state index contributed by atoms with van der Waals surface area (Å²) in [6.45, 7) is 32.0. The van der Waals surface area contributed by atoms with E-state index in [-0.39, 0.29) is 28.3 Å². The number of phenolic OH excluding ortho intramolecular Hbond substituents is 6. The van der Waals surface area contributed by atoms with Crippen LogP contribution in [0.5, 0.6) is 34.5 Å². The zero-order valence-corrected chi connectivity index (χ0v) is 104. The van der Waals surface area contributed by atoms with Crippen molar-refractivity contribution in [3.63, 3.8) is 0 Å². The molecule has 6 N–H and O–H groups in total. The first-order valence-electron chi connectivity index (χ1n) is 43.7. The van der Waals surface area contributed by atoms with E-state index in [1.54, 1.807) is 20.1 Å². The molecule has 0 aromatic heterocycles. The SMILES string of the molecule is Cc1cc(C=NC2CC2)c(O)c([Si](C)(C)C)c1.Cc1cc(C=NC2CCC2)c(O)c([Si](C)(C)C)c1.Cc1cc(C=NC2CCCC2)c(O)c(C23CC4CC(CC(C4)C2)C3)c1.Cc1cc(C=NC2CCCC2)c(O)c([Si](C)(C)C)c1.Cc1cc([N+](=O)[O-])cc(C=NC2CC2)c1O.Cc1cc([N+](=O)[O-])cc(C=NC2CCC2)c1O.[Cl][Zr][Cl].[Cl][Zr][Cl].[Cl][Zr][Cl].[Cl][Zr][Cl].[Cl][Zr][Cl].[Cl][Zr][Cl]. The first kappa shape index (κ1) is 123. The maximum atomic E-state index is 11.2. The van der Waals surface area contributed by atoms with Gasteiger partial charge in [-0.3, -0.25) is 50.2 Å². The first-order valence-corrected chi connectivity index (χ1v) is 92.2. The van der Waals surface area contributed by atoms with Crippen molar-refractivity contribution in [2.75, 3.05) is 0 Å². The number of halogens is 12. The zero-order chi connectivity index (χ0) is 97.4. The molecule has 0 radical (unpaired) electrons. The van der Waals surface area contributed by atoms with Crippen molar-refractivity contribution in [3.8, 4) is 34.5 Å². The molecule has 39 heteroatoms. The number of hydrogen-bond acceptors (Lipinski definition) is 16. The minimum atomic E-state index is -1.51. The first-order chi connectivity index (χ1) is 61.4. The Labute approximate surface area is 887 Å². The second-order valence-corrected chi connectivity index (χ2v) is 75.0. The van der Waals surface area contributed by atoms with Crippen LogP contribution in [0.4, 0.5) is 11.4 Å². The summed E-state index contributed by atoms with van der Waals surface area (Å²) in [5, 5.41) is 86.6. The average Bonchev–Trinajstić information content (AvgIpc) is 0.862. The van der Waals surface area contributed by atoms with Crippen molar-refractivity contribution >= 4 is 191 Å². The second kappa shape index (κ2) is 63.4. The molecule has 4 bridgehead atoms. The van der Waals surface area contributed by atoms with Gasteiger partial charge in [0, 0.05) is 125 Å². The van der Waals surface area contributed by atoms with E-state index in [1.165, 1.54) is 187 Å². The van der Waals surface area contributed by atoms with Crippen molar-refractivity contribution in [2.24, 2.45) is 47.7 Å². The molecule has 16 rings (SSSR count). The molecular formula is C91H126Cl12N8O10Si3Zr6. The van der Waals surface area contributed by atoms with Gasteiger partial charge in [-0.1, -0.05) is 126 Å². The molecule has 6 aromatic carbocycles. The summed E-state index contributed by atoms with van der Waals surface area (Å²) in [6.07, 6.45) is 40.4. The van der Waals surface area contributed by atoms with E-state index in [2.05, 4.69) is 142 Å². The van der Waals surface area contributed by atoms with Crippen LogP contribution in [0.2, 0.25) is 58.9 Å². The van der Waals surface area contributed by atoms with Gasteiger partial charge < -0.3 is 30.6 Å². The van der Waals surface area contributed by atoms with Crippen molar-refractivity contribution in [1.82, 2.24) is 0 Å². The van der Waals surface area contributed by atoms with Gasteiger partial charge in [0.1, 0.15) is 34.5 Å². The number of phenols is 6. The summed E-state index contributed by atoms with van der Waals surface area (Å²) in [4.78, 5) is 47.4. The van der Waals surface area contributed by atoms with Crippen LogP contribution in [0.1, 0.15) is 226 Å². The molecule has 18 nitrogen and oxygen atoms in total. The molecule has 130 heavy (non-hydrogen) atoms. The van der Waals surface area contributed by atoms with Gasteiger partial charge in [-0.25, -0.2) is 0 Å². The number of aliphatic imine (C=N–C) groups is 6. The molecule has 0 atom stereocenters. The molecule has 10 fully saturated rings. The van der Waals surface area contributed by atoms with Crippen molar-refractivity contribution in [1.29, 1.82) is 0 Å². The van der Waals surface area contributed by atoms with Crippen LogP contribution in [0.15, 0.2) is 103 Å². The van der Waals surface area contributed by atoms with Gasteiger partial charge in [0.2, 0.25) is 0 Å². The number of nitrogens with zero attached hydrogens (tertiary/aromatic N) is 8. The Morgan fingerprint density at radius 2 is 0.523 bits per heavy atom. The summed E-state index contributed by atoms with van der Waals surface area (Å²) in [5.41, 5.74) is 11.8. The van der Waals surface area contributed by atoms with E-state index in [1.807, 2.05) is 43.1 Å². The zero-order valence-electron chi connectivity index (χ0n) is 77.0. The molecular weight excluding hydrogens is 2420 g/mol. The fourth-order valence-corrected chi connectivity index (χ4v) is 21.4. The topological polar surface area (TPSA) is 282 Å². The van der Waals surface area contributed by atoms with Gasteiger partial charge in [0.05, 0.1) is 46.2 Å². The Morgan fingerprint density at radius 3 is 0.731 bits per heavy atom. The van der Waals surface area contributed by atoms with E-state index in [4.69, 9.17) is 107 Å². The van der Waals surface area contributed by atoms with Crippen LogP contribution in [-0.4, -0.2) is 138 Å². The number of non-ortho nitro benzene ring substituents is 2. The number of nitro groups is 2. The van der Waals surface area contributed by atoms with Crippen LogP contribution in [0.3, 0.4) is 0 Å². The monoisotopic (exact) mass is 2530 g/mol. The Hall–Kier alpha value is 0.369. The Morgan fingerprint density at radius 1 is 0.315 bits per heavy atom. The maximum absolute atomic E-state index is 11.2. The van der Waals surface area contributed by atoms with E-state index in [9.17, 15) is 50.9 Å². The molecule has 10 aliphatic carbocycles. The van der Waals surface area contributed by atoms with Crippen LogP contribution < -0.4 is 15.6 Å². The van der Waals surface area contributed by atoms with Crippen LogP contribution in [-0.2, 0) is 131 Å². The van der Waals surface area contributed by atoms with E-state index in [0.29, 0.717) is 81.5 Å². The predicted molar refractivity (Wildman–Crippen MR) is 541 cm³/mol. The second-order valence-electron chi connectivity index (χ2n) is 37.5. The van der Waals surface area contributed by atoms with Crippen LogP contribution in [0.25, 0.3) is 0 Å². The number of benzene rings is 6. The Kier molecular flexibility index (Phi) is 59.8. The van der Waals surface area contributed by atoms with Gasteiger partial charge >= 0.3 is 227 Å². The Bertz CT molecular complexity index is 4670. The van der Waals surface area contributed by atoms with E-state index >= 15 is 0 Å². The van der Waals surface area contributed by atoms with E-state index in [0.717, 1.165) is 81.3 Å². The molecule has 10 aliphatic rings. The van der Waals surface area contributed by atoms with Crippen molar-refractivity contribution in [3.05, 3.63) is 165 Å². The number of aryl methyl sites for hydroxylation is 6. The molecule has 0 spiro atoms. The van der Waals surface area contributed by atoms with Crippen molar-refractivity contribution in [2.45, 2.75) is 296 Å². The summed E-state index contributed by atoms with van der Waals surface area (Å²) >= 11 is -4.95. The number of rotatable bonds is 18.